The maximum Gasteiger partial charge on any atom is 0.165 e. The van der Waals surface area contributed by atoms with Gasteiger partial charge in [-0.15, -0.1) is 16.4 Å². The van der Waals surface area contributed by atoms with Crippen molar-refractivity contribution in [2.45, 2.75) is 51.2 Å². The summed E-state index contributed by atoms with van der Waals surface area (Å²) in [5, 5.41) is 18.7. The number of aromatic nitrogens is 5. The molecule has 19 heavy (non-hydrogen) atoms. The molecule has 1 saturated carbocycles. The average molecular weight is 278 g/mol. The Balaban J connectivity index is 1.71. The Kier molecular flexibility index (Phi) is 3.32. The zero-order valence-electron chi connectivity index (χ0n) is 11.2. The van der Waals surface area contributed by atoms with E-state index in [0.29, 0.717) is 12.6 Å². The minimum absolute atomic E-state index is 0.117. The van der Waals surface area contributed by atoms with Crippen molar-refractivity contribution in [2.75, 3.05) is 0 Å². The van der Waals surface area contributed by atoms with Gasteiger partial charge >= 0.3 is 0 Å². The molecule has 3 rings (SSSR count). The van der Waals surface area contributed by atoms with Gasteiger partial charge in [0.05, 0.1) is 18.1 Å². The van der Waals surface area contributed by atoms with Gasteiger partial charge in [0.15, 0.2) is 5.82 Å². The summed E-state index contributed by atoms with van der Waals surface area (Å²) in [6, 6.07) is 0.513. The summed E-state index contributed by atoms with van der Waals surface area (Å²) in [7, 11) is 0. The molecule has 0 aromatic carbocycles. The number of thiazole rings is 1. The minimum Gasteiger partial charge on any atom is -0.298 e. The maximum absolute atomic E-state index is 4.43. The number of tetrazole rings is 1. The van der Waals surface area contributed by atoms with Crippen LogP contribution in [0.15, 0.2) is 11.6 Å². The first-order chi connectivity index (χ1) is 9.23. The van der Waals surface area contributed by atoms with Gasteiger partial charge in [0.2, 0.25) is 0 Å². The van der Waals surface area contributed by atoms with Crippen LogP contribution in [-0.2, 0) is 12.1 Å². The molecule has 0 aliphatic heterocycles. The molecule has 1 unspecified atom stereocenters. The van der Waals surface area contributed by atoms with Gasteiger partial charge < -0.3 is 0 Å². The molecule has 1 fully saturated rings. The molecule has 1 aliphatic carbocycles. The van der Waals surface area contributed by atoms with E-state index in [-0.39, 0.29) is 5.54 Å². The molecule has 0 radical (unpaired) electrons. The van der Waals surface area contributed by atoms with Crippen molar-refractivity contribution >= 4 is 11.3 Å². The first-order valence-corrected chi connectivity index (χ1v) is 7.52. The van der Waals surface area contributed by atoms with Crippen LogP contribution in [0.1, 0.15) is 50.0 Å². The van der Waals surface area contributed by atoms with Crippen LogP contribution in [0.2, 0.25) is 0 Å². The normalized spacial score (nSPS) is 18.4. The van der Waals surface area contributed by atoms with Gasteiger partial charge in [0.25, 0.3) is 0 Å². The highest BCUT2D eigenvalue weighted by Gasteiger charge is 2.30. The van der Waals surface area contributed by atoms with Crippen LogP contribution in [-0.4, -0.2) is 25.2 Å². The lowest BCUT2D eigenvalue weighted by atomic mass is 10.00. The van der Waals surface area contributed by atoms with Crippen molar-refractivity contribution in [3.05, 3.63) is 22.4 Å². The van der Waals surface area contributed by atoms with Crippen LogP contribution in [0.4, 0.5) is 0 Å². The third-order valence-corrected chi connectivity index (χ3v) is 4.74. The van der Waals surface area contributed by atoms with E-state index < -0.39 is 0 Å². The number of hydrogen-bond donors (Lipinski definition) is 1. The molecule has 6 nitrogen and oxygen atoms in total. The van der Waals surface area contributed by atoms with Crippen molar-refractivity contribution in [1.82, 2.24) is 30.5 Å². The smallest absolute Gasteiger partial charge is 0.165 e. The zero-order chi connectivity index (χ0) is 13.3. The van der Waals surface area contributed by atoms with Crippen LogP contribution >= 0.6 is 11.3 Å². The van der Waals surface area contributed by atoms with Crippen molar-refractivity contribution in [2.24, 2.45) is 0 Å². The van der Waals surface area contributed by atoms with E-state index in [1.54, 1.807) is 11.3 Å². The van der Waals surface area contributed by atoms with E-state index >= 15 is 0 Å². The van der Waals surface area contributed by atoms with Gasteiger partial charge in [-0.1, -0.05) is 6.92 Å². The fourth-order valence-corrected chi connectivity index (χ4v) is 2.90. The molecule has 1 atom stereocenters. The summed E-state index contributed by atoms with van der Waals surface area (Å²) in [5.41, 5.74) is -0.117. The molecular formula is C12H18N6S. The highest BCUT2D eigenvalue weighted by atomic mass is 32.1. The second kappa shape index (κ2) is 4.97. The lowest BCUT2D eigenvalue weighted by Gasteiger charge is -2.27. The summed E-state index contributed by atoms with van der Waals surface area (Å²) in [6.07, 6.45) is 5.21. The summed E-state index contributed by atoms with van der Waals surface area (Å²) in [4.78, 5) is 4.43. The molecule has 0 saturated heterocycles. The van der Waals surface area contributed by atoms with Gasteiger partial charge in [-0.25, -0.2) is 9.67 Å². The quantitative estimate of drug-likeness (QED) is 0.873. The van der Waals surface area contributed by atoms with Crippen LogP contribution in [0, 0.1) is 0 Å². The number of hydrogen-bond acceptors (Lipinski definition) is 6. The molecule has 2 aromatic rings. The molecule has 2 heterocycles. The predicted octanol–water partition coefficient (Wildman–Crippen LogP) is 1.88. The molecule has 2 aromatic heterocycles. The van der Waals surface area contributed by atoms with Gasteiger partial charge in [0.1, 0.15) is 5.01 Å². The highest BCUT2D eigenvalue weighted by Crippen LogP contribution is 2.34. The first-order valence-electron chi connectivity index (χ1n) is 6.64. The number of nitrogens with zero attached hydrogens (tertiary/aromatic N) is 5. The predicted molar refractivity (Wildman–Crippen MR) is 72.7 cm³/mol. The van der Waals surface area contributed by atoms with E-state index in [0.717, 1.165) is 17.3 Å². The van der Waals surface area contributed by atoms with E-state index in [9.17, 15) is 0 Å². The minimum atomic E-state index is -0.117. The van der Waals surface area contributed by atoms with Crippen LogP contribution in [0.3, 0.4) is 0 Å². The lowest BCUT2D eigenvalue weighted by molar-refractivity contribution is 0.340. The maximum atomic E-state index is 4.43. The molecule has 1 N–H and O–H groups in total. The molecule has 102 valence electrons. The SMILES string of the molecule is CCC(C)(NCc1nnnn1C1CC1)c1nccs1. The van der Waals surface area contributed by atoms with Gasteiger partial charge in [0, 0.05) is 11.6 Å². The highest BCUT2D eigenvalue weighted by molar-refractivity contribution is 7.09. The number of nitrogens with one attached hydrogen (secondary N) is 1. The molecule has 0 bridgehead atoms. The topological polar surface area (TPSA) is 68.5 Å². The Bertz CT molecular complexity index is 532. The van der Waals surface area contributed by atoms with Crippen molar-refractivity contribution in [3.8, 4) is 0 Å². The fraction of sp³-hybridized carbons (Fsp3) is 0.667. The van der Waals surface area contributed by atoms with E-state index in [2.05, 4.69) is 39.7 Å². The average Bonchev–Trinajstić information content (AvgIpc) is 2.96. The standard InChI is InChI=1S/C12H18N6S/c1-3-12(2,11-13-6-7-19-11)14-8-10-15-16-17-18(10)9-4-5-9/h6-7,9,14H,3-5,8H2,1-2H3. The third kappa shape index (κ3) is 2.52. The Morgan fingerprint density at radius 2 is 2.37 bits per heavy atom. The van der Waals surface area contributed by atoms with Crippen molar-refractivity contribution < 1.29 is 0 Å². The lowest BCUT2D eigenvalue weighted by Crippen LogP contribution is -2.39. The third-order valence-electron chi connectivity index (χ3n) is 3.70. The van der Waals surface area contributed by atoms with Crippen LogP contribution in [0.5, 0.6) is 0 Å². The molecule has 1 aliphatic rings. The van der Waals surface area contributed by atoms with E-state index in [4.69, 9.17) is 0 Å². The van der Waals surface area contributed by atoms with Gasteiger partial charge in [-0.05, 0) is 36.6 Å². The van der Waals surface area contributed by atoms with Gasteiger partial charge in [-0.2, -0.15) is 0 Å². The second-order valence-corrected chi connectivity index (χ2v) is 6.04. The molecule has 7 heteroatoms. The fourth-order valence-electron chi connectivity index (χ4n) is 2.05. The molecular weight excluding hydrogens is 260 g/mol. The van der Waals surface area contributed by atoms with E-state index in [1.165, 1.54) is 12.8 Å². The van der Waals surface area contributed by atoms with Crippen LogP contribution < -0.4 is 5.32 Å². The van der Waals surface area contributed by atoms with Gasteiger partial charge in [-0.3, -0.25) is 5.32 Å². The summed E-state index contributed by atoms with van der Waals surface area (Å²) in [6.45, 7) is 5.02. The summed E-state index contributed by atoms with van der Waals surface area (Å²) >= 11 is 1.68. The molecule has 0 spiro atoms. The Morgan fingerprint density at radius 1 is 1.53 bits per heavy atom. The Labute approximate surface area is 116 Å². The number of rotatable bonds is 6. The summed E-state index contributed by atoms with van der Waals surface area (Å²) < 4.78 is 1.95. The Morgan fingerprint density at radius 3 is 3.00 bits per heavy atom. The van der Waals surface area contributed by atoms with Crippen LogP contribution in [0.25, 0.3) is 0 Å². The molecule has 0 amide bonds. The monoisotopic (exact) mass is 278 g/mol. The summed E-state index contributed by atoms with van der Waals surface area (Å²) in [5.74, 6) is 0.915. The second-order valence-electron chi connectivity index (χ2n) is 5.15. The first kappa shape index (κ1) is 12.7. The zero-order valence-corrected chi connectivity index (χ0v) is 12.0. The van der Waals surface area contributed by atoms with E-state index in [1.807, 2.05) is 16.3 Å². The Hall–Kier alpha value is -1.34. The van der Waals surface area contributed by atoms with Crippen molar-refractivity contribution in [3.63, 3.8) is 0 Å². The largest absolute Gasteiger partial charge is 0.298 e. The van der Waals surface area contributed by atoms with Crippen molar-refractivity contribution in [1.29, 1.82) is 0 Å².